The van der Waals surface area contributed by atoms with Crippen LogP contribution in [0.4, 0.5) is 29.5 Å². The molecule has 1 N–H and O–H groups in total. The van der Waals surface area contributed by atoms with Gasteiger partial charge in [0.1, 0.15) is 5.82 Å². The number of nitrogens with one attached hydrogen (secondary N) is 1. The third-order valence-corrected chi connectivity index (χ3v) is 5.05. The van der Waals surface area contributed by atoms with Crippen LogP contribution in [-0.2, 0) is 0 Å². The molecule has 2 amide bonds. The van der Waals surface area contributed by atoms with E-state index in [1.54, 1.807) is 23.2 Å². The van der Waals surface area contributed by atoms with Gasteiger partial charge in [-0.3, -0.25) is 0 Å². The van der Waals surface area contributed by atoms with Crippen molar-refractivity contribution >= 4 is 34.7 Å². The van der Waals surface area contributed by atoms with E-state index in [9.17, 15) is 18.0 Å². The first-order valence-electron chi connectivity index (χ1n) is 8.96. The van der Waals surface area contributed by atoms with Crippen molar-refractivity contribution in [1.29, 1.82) is 0 Å². The van der Waals surface area contributed by atoms with E-state index >= 15 is 0 Å². The van der Waals surface area contributed by atoms with E-state index < -0.39 is 11.7 Å². The van der Waals surface area contributed by atoms with Crippen molar-refractivity contribution in [2.45, 2.75) is 19.1 Å². The first-order valence-corrected chi connectivity index (χ1v) is 9.34. The third kappa shape index (κ3) is 4.82. The Morgan fingerprint density at radius 2 is 1.93 bits per heavy atom. The molecule has 1 aromatic carbocycles. The summed E-state index contributed by atoms with van der Waals surface area (Å²) in [6.07, 6.45) is -2.82. The summed E-state index contributed by atoms with van der Waals surface area (Å²) in [4.78, 5) is 20.6. The molecule has 1 aliphatic rings. The van der Waals surface area contributed by atoms with Crippen molar-refractivity contribution in [3.05, 3.63) is 59.8 Å². The zero-order chi connectivity index (χ0) is 21.2. The average molecular weight is 425 g/mol. The van der Waals surface area contributed by atoms with Gasteiger partial charge in [0.25, 0.3) is 0 Å². The maximum Gasteiger partial charge on any atom is 0.416 e. The molecule has 9 heteroatoms. The number of amides is 2. The van der Waals surface area contributed by atoms with Gasteiger partial charge in [-0.1, -0.05) is 30.3 Å². The number of anilines is 2. The molecular weight excluding hydrogens is 405 g/mol. The zero-order valence-corrected chi connectivity index (χ0v) is 16.5. The topological polar surface area (TPSA) is 48.5 Å². The molecule has 29 heavy (non-hydrogen) atoms. The molecule has 0 saturated carbocycles. The summed E-state index contributed by atoms with van der Waals surface area (Å²) in [5, 5.41) is 3.28. The molecule has 1 fully saturated rings. The summed E-state index contributed by atoms with van der Waals surface area (Å²) in [6, 6.07) is 8.54. The summed E-state index contributed by atoms with van der Waals surface area (Å²) in [6.45, 7) is 6.58. The van der Waals surface area contributed by atoms with Gasteiger partial charge < -0.3 is 15.1 Å². The molecule has 0 spiro atoms. The highest BCUT2D eigenvalue weighted by atomic mass is 35.5. The smallest absolute Gasteiger partial charge is 0.352 e. The number of aromatic nitrogens is 1. The van der Waals surface area contributed by atoms with Gasteiger partial charge in [-0.25, -0.2) is 9.78 Å². The summed E-state index contributed by atoms with van der Waals surface area (Å²) in [5.74, 6) is 0.682. The largest absolute Gasteiger partial charge is 0.416 e. The fourth-order valence-electron chi connectivity index (χ4n) is 3.18. The van der Waals surface area contributed by atoms with E-state index in [4.69, 9.17) is 11.6 Å². The number of alkyl halides is 3. The monoisotopic (exact) mass is 424 g/mol. The van der Waals surface area contributed by atoms with Crippen LogP contribution in [0.5, 0.6) is 0 Å². The van der Waals surface area contributed by atoms with Crippen LogP contribution in [-0.4, -0.2) is 47.8 Å². The molecule has 2 aromatic rings. The Kier molecular flexibility index (Phi) is 6.02. The van der Waals surface area contributed by atoms with Crippen LogP contribution in [0.15, 0.2) is 49.2 Å². The average Bonchev–Trinajstić information content (AvgIpc) is 2.67. The van der Waals surface area contributed by atoms with Crippen LogP contribution < -0.4 is 10.2 Å². The Morgan fingerprint density at radius 1 is 1.24 bits per heavy atom. The molecule has 1 aromatic heterocycles. The molecule has 1 atom stereocenters. The maximum atomic E-state index is 12.7. The zero-order valence-electron chi connectivity index (χ0n) is 15.7. The van der Waals surface area contributed by atoms with Crippen LogP contribution in [0.3, 0.4) is 0 Å². The van der Waals surface area contributed by atoms with E-state index in [1.807, 2.05) is 11.8 Å². The van der Waals surface area contributed by atoms with Gasteiger partial charge in [0, 0.05) is 37.6 Å². The van der Waals surface area contributed by atoms with Crippen LogP contribution in [0, 0.1) is 0 Å². The molecule has 0 bridgehead atoms. The standard InChI is InChI=1S/C20H20ClF3N4O/c1-13-12-27(18-17(21)4-3-9-25-18)10-11-28(13)19(29)26-16-7-5-15(6-8-16)14(2)20(22,23)24/h3-9,13H,2,10-12H2,1H3,(H,26,29)/t13-/m1/s1. The van der Waals surface area contributed by atoms with Gasteiger partial charge in [0.15, 0.2) is 0 Å². The van der Waals surface area contributed by atoms with E-state index in [2.05, 4.69) is 16.9 Å². The number of hydrogen-bond acceptors (Lipinski definition) is 3. The van der Waals surface area contributed by atoms with Crippen molar-refractivity contribution < 1.29 is 18.0 Å². The molecule has 5 nitrogen and oxygen atoms in total. The summed E-state index contributed by atoms with van der Waals surface area (Å²) >= 11 is 6.20. The second-order valence-corrected chi connectivity index (χ2v) is 7.19. The summed E-state index contributed by atoms with van der Waals surface area (Å²) < 4.78 is 38.2. The molecule has 3 rings (SSSR count). The lowest BCUT2D eigenvalue weighted by Gasteiger charge is -2.40. The van der Waals surface area contributed by atoms with Crippen LogP contribution >= 0.6 is 11.6 Å². The predicted octanol–water partition coefficient (Wildman–Crippen LogP) is 5.05. The lowest BCUT2D eigenvalue weighted by atomic mass is 10.1. The van der Waals surface area contributed by atoms with E-state index in [-0.39, 0.29) is 17.6 Å². The number of hydrogen-bond donors (Lipinski definition) is 1. The quantitative estimate of drug-likeness (QED) is 0.749. The summed E-state index contributed by atoms with van der Waals surface area (Å²) in [5.41, 5.74) is -0.547. The maximum absolute atomic E-state index is 12.7. The Hall–Kier alpha value is -2.74. The molecule has 1 aliphatic heterocycles. The van der Waals surface area contributed by atoms with Crippen LogP contribution in [0.2, 0.25) is 5.02 Å². The van der Waals surface area contributed by atoms with E-state index in [0.717, 1.165) is 0 Å². The van der Waals surface area contributed by atoms with Crippen molar-refractivity contribution in [3.63, 3.8) is 0 Å². The molecule has 0 radical (unpaired) electrons. The van der Waals surface area contributed by atoms with Crippen molar-refractivity contribution in [3.8, 4) is 0 Å². The van der Waals surface area contributed by atoms with Crippen molar-refractivity contribution in [1.82, 2.24) is 9.88 Å². The highest BCUT2D eigenvalue weighted by Gasteiger charge is 2.33. The Bertz CT molecular complexity index is 901. The number of carbonyl (C=O) groups excluding carboxylic acids is 1. The first-order chi connectivity index (χ1) is 13.7. The Labute approximate surface area is 171 Å². The summed E-state index contributed by atoms with van der Waals surface area (Å²) in [7, 11) is 0. The number of halogens is 4. The number of pyridine rings is 1. The van der Waals surface area contributed by atoms with Gasteiger partial charge in [-0.15, -0.1) is 0 Å². The van der Waals surface area contributed by atoms with Crippen molar-refractivity contribution in [2.24, 2.45) is 0 Å². The minimum atomic E-state index is -4.49. The lowest BCUT2D eigenvalue weighted by molar-refractivity contribution is -0.0686. The number of nitrogens with zero attached hydrogens (tertiary/aromatic N) is 3. The van der Waals surface area contributed by atoms with Gasteiger partial charge in [0.2, 0.25) is 0 Å². The molecular formula is C20H20ClF3N4O. The second-order valence-electron chi connectivity index (χ2n) is 6.78. The molecule has 0 unspecified atom stereocenters. The lowest BCUT2D eigenvalue weighted by Crippen LogP contribution is -2.55. The fraction of sp³-hybridized carbons (Fsp3) is 0.300. The van der Waals surface area contributed by atoms with Gasteiger partial charge in [0.05, 0.1) is 10.6 Å². The number of benzene rings is 1. The van der Waals surface area contributed by atoms with E-state index in [1.165, 1.54) is 24.3 Å². The number of carbonyl (C=O) groups is 1. The van der Waals surface area contributed by atoms with Crippen LogP contribution in [0.1, 0.15) is 12.5 Å². The van der Waals surface area contributed by atoms with Gasteiger partial charge >= 0.3 is 12.2 Å². The van der Waals surface area contributed by atoms with E-state index in [0.29, 0.717) is 36.2 Å². The Balaban J connectivity index is 1.62. The third-order valence-electron chi connectivity index (χ3n) is 4.75. The Morgan fingerprint density at radius 3 is 2.52 bits per heavy atom. The number of rotatable bonds is 3. The van der Waals surface area contributed by atoms with Gasteiger partial charge in [-0.2, -0.15) is 13.2 Å². The van der Waals surface area contributed by atoms with Crippen molar-refractivity contribution in [2.75, 3.05) is 29.9 Å². The number of allylic oxidation sites excluding steroid dienone is 1. The van der Waals surface area contributed by atoms with Gasteiger partial charge in [-0.05, 0) is 36.8 Å². The fourth-order valence-corrected chi connectivity index (χ4v) is 3.42. The number of piperazine rings is 1. The van der Waals surface area contributed by atoms with Crippen LogP contribution in [0.25, 0.3) is 5.57 Å². The highest BCUT2D eigenvalue weighted by Crippen LogP contribution is 2.32. The molecule has 1 saturated heterocycles. The normalized spacial score (nSPS) is 17.2. The SMILES string of the molecule is C=C(c1ccc(NC(=O)N2CCN(c3ncccc3Cl)C[C@H]2C)cc1)C(F)(F)F. The first kappa shape index (κ1) is 21.0. The minimum absolute atomic E-state index is 0.0373. The highest BCUT2D eigenvalue weighted by molar-refractivity contribution is 6.32. The molecule has 2 heterocycles. The predicted molar refractivity (Wildman–Crippen MR) is 108 cm³/mol. The number of urea groups is 1. The molecule has 0 aliphatic carbocycles. The minimum Gasteiger partial charge on any atom is -0.352 e. The molecule has 154 valence electrons. The second kappa shape index (κ2) is 8.32.